The second-order valence-corrected chi connectivity index (χ2v) is 12.6. The third kappa shape index (κ3) is 3.87. The van der Waals surface area contributed by atoms with Crippen molar-refractivity contribution in [3.05, 3.63) is 152 Å². The quantitative estimate of drug-likeness (QED) is 0.196. The van der Waals surface area contributed by atoms with Crippen molar-refractivity contribution in [2.45, 2.75) is 0 Å². The Labute approximate surface area is 279 Å². The lowest BCUT2D eigenvalue weighted by molar-refractivity contribution is 0.663. The van der Waals surface area contributed by atoms with Gasteiger partial charge in [-0.05, 0) is 65.4 Å². The van der Waals surface area contributed by atoms with Crippen molar-refractivity contribution in [1.82, 2.24) is 14.5 Å². The second kappa shape index (κ2) is 9.89. The Hall–Kier alpha value is -6.72. The highest BCUT2D eigenvalue weighted by Crippen LogP contribution is 2.41. The van der Waals surface area contributed by atoms with Crippen LogP contribution in [0.25, 0.3) is 105 Å². The highest BCUT2D eigenvalue weighted by atomic mass is 16.3. The Morgan fingerprint density at radius 3 is 2.00 bits per heavy atom. The molecular formula is C44H25N3O2. The molecule has 0 amide bonds. The average molecular weight is 628 g/mol. The molecule has 0 atom stereocenters. The molecule has 0 saturated carbocycles. The minimum atomic E-state index is 0.620. The smallest absolute Gasteiger partial charge is 0.235 e. The van der Waals surface area contributed by atoms with E-state index in [1.165, 1.54) is 21.5 Å². The third-order valence-corrected chi connectivity index (χ3v) is 9.80. The fraction of sp³-hybridized carbons (Fsp3) is 0. The maximum absolute atomic E-state index is 6.66. The summed E-state index contributed by atoms with van der Waals surface area (Å²) >= 11 is 0. The lowest BCUT2D eigenvalue weighted by Gasteiger charge is -2.12. The van der Waals surface area contributed by atoms with Gasteiger partial charge in [-0.15, -0.1) is 0 Å². The molecule has 5 nitrogen and oxygen atoms in total. The second-order valence-electron chi connectivity index (χ2n) is 12.6. The fourth-order valence-electron chi connectivity index (χ4n) is 7.51. The van der Waals surface area contributed by atoms with Crippen LogP contribution in [-0.4, -0.2) is 14.5 Å². The van der Waals surface area contributed by atoms with Crippen molar-refractivity contribution in [1.29, 1.82) is 0 Å². The van der Waals surface area contributed by atoms with E-state index in [0.717, 1.165) is 77.4 Å². The fourth-order valence-corrected chi connectivity index (χ4v) is 7.51. The Bertz CT molecular complexity index is 3110. The number of nitrogens with zero attached hydrogens (tertiary/aromatic N) is 3. The monoisotopic (exact) mass is 627 g/mol. The van der Waals surface area contributed by atoms with Gasteiger partial charge in [0.2, 0.25) is 5.95 Å². The summed E-state index contributed by atoms with van der Waals surface area (Å²) in [5.74, 6) is 0.620. The van der Waals surface area contributed by atoms with Crippen molar-refractivity contribution in [2.24, 2.45) is 0 Å². The number of hydrogen-bond donors (Lipinski definition) is 0. The Balaban J connectivity index is 1.17. The van der Waals surface area contributed by atoms with Crippen LogP contribution in [0.1, 0.15) is 0 Å². The molecule has 4 aromatic heterocycles. The molecule has 0 spiro atoms. The maximum atomic E-state index is 6.66. The molecule has 49 heavy (non-hydrogen) atoms. The van der Waals surface area contributed by atoms with E-state index in [1.54, 1.807) is 0 Å². The van der Waals surface area contributed by atoms with Gasteiger partial charge in [0.15, 0.2) is 0 Å². The van der Waals surface area contributed by atoms with Crippen LogP contribution < -0.4 is 0 Å². The van der Waals surface area contributed by atoms with Crippen LogP contribution in [-0.2, 0) is 0 Å². The molecule has 0 saturated heterocycles. The first-order chi connectivity index (χ1) is 24.3. The summed E-state index contributed by atoms with van der Waals surface area (Å²) in [5.41, 5.74) is 9.08. The van der Waals surface area contributed by atoms with Gasteiger partial charge in [-0.2, -0.15) is 0 Å². The number of hydrogen-bond acceptors (Lipinski definition) is 4. The molecule has 0 bridgehead atoms. The molecule has 0 N–H and O–H groups in total. The van der Waals surface area contributed by atoms with Gasteiger partial charge in [0.1, 0.15) is 22.3 Å². The van der Waals surface area contributed by atoms with Gasteiger partial charge in [-0.1, -0.05) is 97.1 Å². The lowest BCUT2D eigenvalue weighted by atomic mass is 10.0. The van der Waals surface area contributed by atoms with Crippen molar-refractivity contribution >= 4 is 76.5 Å². The van der Waals surface area contributed by atoms with Gasteiger partial charge in [-0.25, -0.2) is 9.97 Å². The minimum Gasteiger partial charge on any atom is -0.456 e. The van der Waals surface area contributed by atoms with Gasteiger partial charge in [0.05, 0.1) is 27.8 Å². The van der Waals surface area contributed by atoms with Gasteiger partial charge in [0.25, 0.3) is 0 Å². The van der Waals surface area contributed by atoms with Crippen molar-refractivity contribution in [2.75, 3.05) is 0 Å². The number of rotatable bonds is 3. The van der Waals surface area contributed by atoms with Crippen LogP contribution in [0.2, 0.25) is 0 Å². The van der Waals surface area contributed by atoms with E-state index in [-0.39, 0.29) is 0 Å². The highest BCUT2D eigenvalue weighted by molar-refractivity contribution is 6.22. The molecule has 0 aliphatic rings. The zero-order valence-electron chi connectivity index (χ0n) is 26.1. The zero-order valence-corrected chi connectivity index (χ0v) is 26.1. The molecule has 228 valence electrons. The van der Waals surface area contributed by atoms with Gasteiger partial charge >= 0.3 is 0 Å². The molecular weight excluding hydrogens is 603 g/mol. The highest BCUT2D eigenvalue weighted by Gasteiger charge is 2.20. The number of para-hydroxylation sites is 2. The SMILES string of the molecule is c1ccc(-c2cc(-c3ccc4c(c3)oc3c4ccc4oc5ccccc5c43)nc(-n3c4ccccc4c4cc5ccccc5cc43)n2)cc1. The summed E-state index contributed by atoms with van der Waals surface area (Å²) in [6.07, 6.45) is 0. The van der Waals surface area contributed by atoms with Crippen LogP contribution in [0.5, 0.6) is 0 Å². The number of furan rings is 2. The predicted octanol–water partition coefficient (Wildman–Crippen LogP) is 11.9. The molecule has 11 rings (SSSR count). The summed E-state index contributed by atoms with van der Waals surface area (Å²) in [4.78, 5) is 10.5. The van der Waals surface area contributed by atoms with Crippen LogP contribution in [0.15, 0.2) is 160 Å². The van der Waals surface area contributed by atoms with Crippen molar-refractivity contribution in [3.63, 3.8) is 0 Å². The van der Waals surface area contributed by atoms with Gasteiger partial charge < -0.3 is 8.83 Å². The zero-order chi connectivity index (χ0) is 32.1. The summed E-state index contributed by atoms with van der Waals surface area (Å²) in [5, 5.41) is 8.89. The van der Waals surface area contributed by atoms with Gasteiger partial charge in [0, 0.05) is 38.1 Å². The molecule has 11 aromatic rings. The Morgan fingerprint density at radius 2 is 1.12 bits per heavy atom. The maximum Gasteiger partial charge on any atom is 0.235 e. The van der Waals surface area contributed by atoms with Crippen LogP contribution in [0, 0.1) is 0 Å². The molecule has 0 unspecified atom stereocenters. The predicted molar refractivity (Wildman–Crippen MR) is 199 cm³/mol. The first kappa shape index (κ1) is 26.4. The Kier molecular flexibility index (Phi) is 5.32. The van der Waals surface area contributed by atoms with E-state index < -0.39 is 0 Å². The standard InChI is InChI=1S/C44H25N3O2/c1-2-10-26(11-3-1)35-25-36(29-18-19-31-32-20-21-40-42(43(32)49-41(31)24-29)33-15-7-9-17-39(33)48-40)46-44(45-35)47-37-16-8-6-14-30(37)34-22-27-12-4-5-13-28(27)23-38(34)47/h1-25H. The molecule has 0 radical (unpaired) electrons. The topological polar surface area (TPSA) is 57.0 Å². The van der Waals surface area contributed by atoms with E-state index in [1.807, 2.05) is 42.5 Å². The van der Waals surface area contributed by atoms with Crippen molar-refractivity contribution < 1.29 is 8.83 Å². The first-order valence-corrected chi connectivity index (χ1v) is 16.4. The van der Waals surface area contributed by atoms with E-state index in [9.17, 15) is 0 Å². The van der Waals surface area contributed by atoms with Crippen molar-refractivity contribution in [3.8, 4) is 28.5 Å². The van der Waals surface area contributed by atoms with E-state index in [0.29, 0.717) is 5.95 Å². The van der Waals surface area contributed by atoms with Gasteiger partial charge in [-0.3, -0.25) is 4.57 Å². The third-order valence-electron chi connectivity index (χ3n) is 9.80. The van der Waals surface area contributed by atoms with E-state index in [2.05, 4.69) is 114 Å². The van der Waals surface area contributed by atoms with Crippen LogP contribution in [0.3, 0.4) is 0 Å². The summed E-state index contributed by atoms with van der Waals surface area (Å²) in [6.45, 7) is 0. The number of fused-ring (bicyclic) bond motifs is 11. The molecule has 0 aliphatic carbocycles. The molecule has 0 fully saturated rings. The van der Waals surface area contributed by atoms with Crippen LogP contribution in [0.4, 0.5) is 0 Å². The summed E-state index contributed by atoms with van der Waals surface area (Å²) in [6, 6.07) is 52.5. The lowest BCUT2D eigenvalue weighted by Crippen LogP contribution is -2.04. The number of aromatic nitrogens is 3. The minimum absolute atomic E-state index is 0.620. The molecule has 5 heteroatoms. The first-order valence-electron chi connectivity index (χ1n) is 16.4. The van der Waals surface area contributed by atoms with Crippen LogP contribution >= 0.6 is 0 Å². The average Bonchev–Trinajstić information content (AvgIpc) is 3.83. The van der Waals surface area contributed by atoms with E-state index in [4.69, 9.17) is 18.8 Å². The normalized spacial score (nSPS) is 12.1. The van der Waals surface area contributed by atoms with E-state index >= 15 is 0 Å². The summed E-state index contributed by atoms with van der Waals surface area (Å²) in [7, 11) is 0. The molecule has 4 heterocycles. The summed E-state index contributed by atoms with van der Waals surface area (Å²) < 4.78 is 15.0. The molecule has 0 aliphatic heterocycles. The Morgan fingerprint density at radius 1 is 0.408 bits per heavy atom. The number of benzene rings is 7. The largest absolute Gasteiger partial charge is 0.456 e. The molecule has 7 aromatic carbocycles.